The van der Waals surface area contributed by atoms with Crippen LogP contribution in [0.3, 0.4) is 0 Å². The number of hydrogen-bond donors (Lipinski definition) is 1. The zero-order chi connectivity index (χ0) is 12.8. The molecular weight excluding hydrogens is 270 g/mol. The van der Waals surface area contributed by atoms with Gasteiger partial charge in [0, 0.05) is 17.2 Å². The zero-order valence-corrected chi connectivity index (χ0v) is 11.4. The lowest BCUT2D eigenvalue weighted by Crippen LogP contribution is -1.87. The van der Waals surface area contributed by atoms with Crippen LogP contribution in [-0.2, 0) is 5.75 Å². The summed E-state index contributed by atoms with van der Waals surface area (Å²) < 4.78 is 5.65. The predicted octanol–water partition coefficient (Wildman–Crippen LogP) is 3.61. The third-order valence-electron chi connectivity index (χ3n) is 2.34. The van der Waals surface area contributed by atoms with Crippen molar-refractivity contribution in [1.82, 2.24) is 4.98 Å². The monoisotopic (exact) mass is 283 g/mol. The molecule has 0 spiro atoms. The van der Waals surface area contributed by atoms with E-state index in [-0.39, 0.29) is 6.61 Å². The molecule has 2 rings (SSSR count). The molecule has 1 heterocycles. The molecule has 1 aromatic carbocycles. The number of aliphatic hydroxyl groups is 1. The largest absolute Gasteiger partial charge is 0.440 e. The molecule has 0 aliphatic rings. The van der Waals surface area contributed by atoms with Crippen molar-refractivity contribution < 1.29 is 9.52 Å². The first-order valence-corrected chi connectivity index (χ1v) is 7.22. The molecule has 96 valence electrons. The van der Waals surface area contributed by atoms with Gasteiger partial charge in [-0.3, -0.25) is 0 Å². The van der Waals surface area contributed by atoms with Crippen LogP contribution in [-0.4, -0.2) is 22.5 Å². The van der Waals surface area contributed by atoms with Crippen LogP contribution in [0.25, 0.3) is 11.3 Å². The van der Waals surface area contributed by atoms with Crippen molar-refractivity contribution >= 4 is 23.4 Å². The van der Waals surface area contributed by atoms with Crippen molar-refractivity contribution in [1.29, 1.82) is 0 Å². The average Bonchev–Trinajstić information content (AvgIpc) is 2.83. The summed E-state index contributed by atoms with van der Waals surface area (Å²) in [5.74, 6) is 3.06. The van der Waals surface area contributed by atoms with Crippen molar-refractivity contribution in [3.63, 3.8) is 0 Å². The third kappa shape index (κ3) is 3.77. The highest BCUT2D eigenvalue weighted by molar-refractivity contribution is 7.98. The molecular formula is C13H14ClNO2S. The molecule has 0 atom stereocenters. The lowest BCUT2D eigenvalue weighted by Gasteiger charge is -1.97. The van der Waals surface area contributed by atoms with Gasteiger partial charge in [0.05, 0.1) is 11.9 Å². The molecule has 0 unspecified atom stereocenters. The molecule has 0 fully saturated rings. The van der Waals surface area contributed by atoms with Gasteiger partial charge in [-0.2, -0.15) is 11.8 Å². The number of oxazole rings is 1. The number of benzene rings is 1. The summed E-state index contributed by atoms with van der Waals surface area (Å²) >= 11 is 7.63. The summed E-state index contributed by atoms with van der Waals surface area (Å²) in [6.45, 7) is 0.229. The Hall–Kier alpha value is -0.970. The van der Waals surface area contributed by atoms with Gasteiger partial charge in [-0.15, -0.1) is 0 Å². The molecule has 0 radical (unpaired) electrons. The first kappa shape index (κ1) is 13.5. The summed E-state index contributed by atoms with van der Waals surface area (Å²) in [7, 11) is 0. The Bertz CT molecular complexity index is 501. The van der Waals surface area contributed by atoms with E-state index in [1.54, 1.807) is 18.0 Å². The Balaban J connectivity index is 1.97. The number of hydrogen-bond acceptors (Lipinski definition) is 4. The number of rotatable bonds is 6. The molecule has 1 N–H and O–H groups in total. The van der Waals surface area contributed by atoms with E-state index in [0.717, 1.165) is 29.3 Å². The maximum absolute atomic E-state index is 8.68. The lowest BCUT2D eigenvalue weighted by molar-refractivity contribution is 0.296. The summed E-state index contributed by atoms with van der Waals surface area (Å²) in [6.07, 6.45) is 2.51. The van der Waals surface area contributed by atoms with Gasteiger partial charge < -0.3 is 9.52 Å². The van der Waals surface area contributed by atoms with Crippen molar-refractivity contribution in [2.24, 2.45) is 0 Å². The fourth-order valence-electron chi connectivity index (χ4n) is 1.48. The molecule has 2 aromatic rings. The normalized spacial score (nSPS) is 10.8. The van der Waals surface area contributed by atoms with Crippen LogP contribution in [0.1, 0.15) is 12.3 Å². The van der Waals surface area contributed by atoms with Crippen LogP contribution in [0.5, 0.6) is 0 Å². The molecule has 0 bridgehead atoms. The summed E-state index contributed by atoms with van der Waals surface area (Å²) in [4.78, 5) is 4.23. The minimum Gasteiger partial charge on any atom is -0.440 e. The minimum atomic E-state index is 0.229. The van der Waals surface area contributed by atoms with Crippen LogP contribution in [0, 0.1) is 0 Å². The minimum absolute atomic E-state index is 0.229. The van der Waals surface area contributed by atoms with Crippen LogP contribution in [0.15, 0.2) is 34.9 Å². The van der Waals surface area contributed by atoms with E-state index in [0.29, 0.717) is 10.9 Å². The molecule has 18 heavy (non-hydrogen) atoms. The predicted molar refractivity (Wildman–Crippen MR) is 74.8 cm³/mol. The fraction of sp³-hybridized carbons (Fsp3) is 0.308. The maximum Gasteiger partial charge on any atom is 0.204 e. The van der Waals surface area contributed by atoms with Gasteiger partial charge in [0.1, 0.15) is 0 Å². The molecule has 1 aromatic heterocycles. The summed E-state index contributed by atoms with van der Waals surface area (Å²) in [5, 5.41) is 9.36. The highest BCUT2D eigenvalue weighted by Gasteiger charge is 2.06. The van der Waals surface area contributed by atoms with Crippen molar-refractivity contribution in [3.05, 3.63) is 41.4 Å². The highest BCUT2D eigenvalue weighted by atomic mass is 35.5. The van der Waals surface area contributed by atoms with Crippen molar-refractivity contribution in [2.45, 2.75) is 12.2 Å². The Kier molecular flexibility index (Phi) is 5.11. The van der Waals surface area contributed by atoms with Crippen LogP contribution < -0.4 is 0 Å². The van der Waals surface area contributed by atoms with Gasteiger partial charge in [-0.05, 0) is 24.3 Å². The highest BCUT2D eigenvalue weighted by Crippen LogP contribution is 2.24. The Morgan fingerprint density at radius 1 is 1.39 bits per heavy atom. The van der Waals surface area contributed by atoms with Crippen LogP contribution in [0.2, 0.25) is 5.02 Å². The molecule has 0 amide bonds. The number of nitrogens with zero attached hydrogens (tertiary/aromatic N) is 1. The zero-order valence-electron chi connectivity index (χ0n) is 9.80. The van der Waals surface area contributed by atoms with E-state index in [1.807, 2.05) is 24.3 Å². The van der Waals surface area contributed by atoms with Gasteiger partial charge in [0.25, 0.3) is 0 Å². The van der Waals surface area contributed by atoms with E-state index >= 15 is 0 Å². The molecule has 0 aliphatic carbocycles. The number of halogens is 1. The quantitative estimate of drug-likeness (QED) is 0.823. The van der Waals surface area contributed by atoms with Crippen molar-refractivity contribution in [3.8, 4) is 11.3 Å². The van der Waals surface area contributed by atoms with Gasteiger partial charge >= 0.3 is 0 Å². The number of aliphatic hydroxyl groups excluding tert-OH is 1. The van der Waals surface area contributed by atoms with E-state index in [9.17, 15) is 0 Å². The Labute approximate surface area is 115 Å². The molecule has 5 heteroatoms. The van der Waals surface area contributed by atoms with Crippen LogP contribution in [0.4, 0.5) is 0 Å². The van der Waals surface area contributed by atoms with Gasteiger partial charge in [-0.25, -0.2) is 4.98 Å². The van der Waals surface area contributed by atoms with E-state index in [2.05, 4.69) is 4.98 Å². The molecule has 0 saturated heterocycles. The first-order valence-electron chi connectivity index (χ1n) is 5.69. The van der Waals surface area contributed by atoms with Gasteiger partial charge in [0.15, 0.2) is 5.76 Å². The molecule has 0 aliphatic heterocycles. The third-order valence-corrected chi connectivity index (χ3v) is 3.60. The second-order valence-corrected chi connectivity index (χ2v) is 5.30. The second-order valence-electron chi connectivity index (χ2n) is 3.76. The summed E-state index contributed by atoms with van der Waals surface area (Å²) in [6, 6.07) is 7.50. The van der Waals surface area contributed by atoms with E-state index in [1.165, 1.54) is 0 Å². The Morgan fingerprint density at radius 3 is 3.06 bits per heavy atom. The standard InChI is InChI=1S/C13H14ClNO2S/c14-11-4-1-3-10(7-11)12-8-15-13(17-12)9-18-6-2-5-16/h1,3-4,7-8,16H,2,5-6,9H2. The summed E-state index contributed by atoms with van der Waals surface area (Å²) in [5.41, 5.74) is 0.932. The number of thioether (sulfide) groups is 1. The van der Waals surface area contributed by atoms with Gasteiger partial charge in [0.2, 0.25) is 5.89 Å². The second kappa shape index (κ2) is 6.83. The smallest absolute Gasteiger partial charge is 0.204 e. The lowest BCUT2D eigenvalue weighted by atomic mass is 10.2. The molecule has 3 nitrogen and oxygen atoms in total. The topological polar surface area (TPSA) is 46.3 Å². The maximum atomic E-state index is 8.68. The average molecular weight is 284 g/mol. The fourth-order valence-corrected chi connectivity index (χ4v) is 2.45. The van der Waals surface area contributed by atoms with E-state index < -0.39 is 0 Å². The van der Waals surface area contributed by atoms with E-state index in [4.69, 9.17) is 21.1 Å². The Morgan fingerprint density at radius 2 is 2.28 bits per heavy atom. The first-order chi connectivity index (χ1) is 8.79. The van der Waals surface area contributed by atoms with Gasteiger partial charge in [-0.1, -0.05) is 23.7 Å². The SMILES string of the molecule is OCCCSCc1ncc(-c2cccc(Cl)c2)o1. The van der Waals surface area contributed by atoms with Crippen LogP contribution >= 0.6 is 23.4 Å². The molecule has 0 saturated carbocycles. The number of aromatic nitrogens is 1. The van der Waals surface area contributed by atoms with Crippen molar-refractivity contribution in [2.75, 3.05) is 12.4 Å².